The number of rotatable bonds is 2. The molecule has 0 aromatic heterocycles. The molecule has 0 aliphatic heterocycles. The molecule has 1 aromatic rings. The van der Waals surface area contributed by atoms with E-state index in [0.29, 0.717) is 0 Å². The largest absolute Gasteiger partial charge is 0.0847 e. The predicted octanol–water partition coefficient (Wildman–Crippen LogP) is 1.82. The Labute approximate surface area is 57.3 Å². The average Bonchev–Trinajstić information content (AvgIpc) is 1.91. The van der Waals surface area contributed by atoms with Gasteiger partial charge in [0.15, 0.2) is 0 Å². The SMILES string of the molecule is [B]CCc1ccccc1. The van der Waals surface area contributed by atoms with Crippen LogP contribution in [0, 0.1) is 0 Å². The highest BCUT2D eigenvalue weighted by Gasteiger charge is 1.84. The first kappa shape index (κ1) is 6.41. The monoisotopic (exact) mass is 116 g/mol. The molecular weight excluding hydrogens is 107 g/mol. The third-order valence-corrected chi connectivity index (χ3v) is 1.28. The van der Waals surface area contributed by atoms with Crippen LogP contribution in [-0.4, -0.2) is 7.85 Å². The third-order valence-electron chi connectivity index (χ3n) is 1.28. The van der Waals surface area contributed by atoms with Gasteiger partial charge in [0.1, 0.15) is 0 Å². The van der Waals surface area contributed by atoms with Gasteiger partial charge in [0.25, 0.3) is 0 Å². The Morgan fingerprint density at radius 2 is 1.78 bits per heavy atom. The first-order chi connectivity index (χ1) is 4.43. The van der Waals surface area contributed by atoms with Crippen molar-refractivity contribution < 1.29 is 0 Å². The lowest BCUT2D eigenvalue weighted by molar-refractivity contribution is 1.13. The van der Waals surface area contributed by atoms with Crippen LogP contribution >= 0.6 is 0 Å². The molecule has 0 amide bonds. The van der Waals surface area contributed by atoms with Gasteiger partial charge in [-0.05, 0) is 12.0 Å². The van der Waals surface area contributed by atoms with E-state index in [0.717, 1.165) is 12.7 Å². The van der Waals surface area contributed by atoms with Crippen LogP contribution in [0.2, 0.25) is 6.32 Å². The second kappa shape index (κ2) is 3.34. The number of benzene rings is 1. The summed E-state index contributed by atoms with van der Waals surface area (Å²) >= 11 is 0. The van der Waals surface area contributed by atoms with Crippen molar-refractivity contribution in [1.29, 1.82) is 0 Å². The highest BCUT2D eigenvalue weighted by molar-refractivity contribution is 6.08. The van der Waals surface area contributed by atoms with Gasteiger partial charge in [-0.1, -0.05) is 36.7 Å². The first-order valence-electron chi connectivity index (χ1n) is 3.17. The lowest BCUT2D eigenvalue weighted by Gasteiger charge is -1.93. The van der Waals surface area contributed by atoms with Crippen LogP contribution in [0.15, 0.2) is 30.3 Å². The summed E-state index contributed by atoms with van der Waals surface area (Å²) in [4.78, 5) is 0. The molecule has 1 aromatic carbocycles. The summed E-state index contributed by atoms with van der Waals surface area (Å²) < 4.78 is 0. The lowest BCUT2D eigenvalue weighted by atomic mass is 9.98. The summed E-state index contributed by atoms with van der Waals surface area (Å²) in [6.07, 6.45) is 1.73. The van der Waals surface area contributed by atoms with Crippen LogP contribution in [0.3, 0.4) is 0 Å². The van der Waals surface area contributed by atoms with Crippen molar-refractivity contribution >= 4 is 7.85 Å². The van der Waals surface area contributed by atoms with Crippen LogP contribution < -0.4 is 0 Å². The summed E-state index contributed by atoms with van der Waals surface area (Å²) in [7, 11) is 5.36. The maximum atomic E-state index is 5.36. The predicted molar refractivity (Wildman–Crippen MR) is 40.7 cm³/mol. The second-order valence-corrected chi connectivity index (χ2v) is 2.02. The van der Waals surface area contributed by atoms with E-state index in [1.54, 1.807) is 0 Å². The number of hydrogen-bond acceptors (Lipinski definition) is 0. The summed E-state index contributed by atoms with van der Waals surface area (Å²) in [6, 6.07) is 10.3. The minimum atomic E-state index is 0.740. The van der Waals surface area contributed by atoms with Crippen molar-refractivity contribution in [2.75, 3.05) is 0 Å². The van der Waals surface area contributed by atoms with Gasteiger partial charge < -0.3 is 0 Å². The van der Waals surface area contributed by atoms with Gasteiger partial charge in [-0.25, -0.2) is 0 Å². The highest BCUT2D eigenvalue weighted by Crippen LogP contribution is 1.99. The van der Waals surface area contributed by atoms with E-state index >= 15 is 0 Å². The van der Waals surface area contributed by atoms with Gasteiger partial charge in [0, 0.05) is 0 Å². The maximum absolute atomic E-state index is 5.36. The molecule has 0 bridgehead atoms. The standard InChI is InChI=1S/C8H9B/c9-7-6-8-4-2-1-3-5-8/h1-5H,6-7H2. The Morgan fingerprint density at radius 1 is 1.11 bits per heavy atom. The van der Waals surface area contributed by atoms with Gasteiger partial charge in [-0.15, -0.1) is 0 Å². The van der Waals surface area contributed by atoms with E-state index in [-0.39, 0.29) is 0 Å². The number of aryl methyl sites for hydroxylation is 1. The Bertz CT molecular complexity index is 157. The average molecular weight is 116 g/mol. The summed E-state index contributed by atoms with van der Waals surface area (Å²) in [5.74, 6) is 0. The zero-order valence-electron chi connectivity index (χ0n) is 5.38. The number of hydrogen-bond donors (Lipinski definition) is 0. The minimum absolute atomic E-state index is 0.740. The van der Waals surface area contributed by atoms with Crippen LogP contribution in [-0.2, 0) is 6.42 Å². The quantitative estimate of drug-likeness (QED) is 0.517. The normalized spacial score (nSPS) is 9.33. The molecule has 0 nitrogen and oxygen atoms in total. The van der Waals surface area contributed by atoms with Crippen LogP contribution in [0.5, 0.6) is 0 Å². The van der Waals surface area contributed by atoms with E-state index in [9.17, 15) is 0 Å². The fraction of sp³-hybridized carbons (Fsp3) is 0.250. The van der Waals surface area contributed by atoms with Crippen molar-refractivity contribution in [3.63, 3.8) is 0 Å². The molecule has 0 aliphatic rings. The smallest absolute Gasteiger partial charge is 0.0657 e. The first-order valence-corrected chi connectivity index (χ1v) is 3.17. The highest BCUT2D eigenvalue weighted by atomic mass is 13.9. The van der Waals surface area contributed by atoms with Crippen molar-refractivity contribution in [1.82, 2.24) is 0 Å². The fourth-order valence-corrected chi connectivity index (χ4v) is 0.811. The van der Waals surface area contributed by atoms with Gasteiger partial charge in [-0.2, -0.15) is 0 Å². The summed E-state index contributed by atoms with van der Waals surface area (Å²) in [5.41, 5.74) is 1.32. The molecule has 0 spiro atoms. The molecule has 0 unspecified atom stereocenters. The van der Waals surface area contributed by atoms with E-state index in [2.05, 4.69) is 12.1 Å². The molecule has 0 aliphatic carbocycles. The lowest BCUT2D eigenvalue weighted by Crippen LogP contribution is -1.80. The van der Waals surface area contributed by atoms with Crippen molar-refractivity contribution in [2.24, 2.45) is 0 Å². The minimum Gasteiger partial charge on any atom is -0.0847 e. The molecule has 0 fully saturated rings. The molecule has 1 rings (SSSR count). The van der Waals surface area contributed by atoms with Gasteiger partial charge in [-0.3, -0.25) is 0 Å². The topological polar surface area (TPSA) is 0 Å². The molecule has 9 heavy (non-hydrogen) atoms. The second-order valence-electron chi connectivity index (χ2n) is 2.02. The molecule has 0 atom stereocenters. The molecule has 0 N–H and O–H groups in total. The van der Waals surface area contributed by atoms with Crippen molar-refractivity contribution in [2.45, 2.75) is 12.7 Å². The Morgan fingerprint density at radius 3 is 2.33 bits per heavy atom. The molecule has 0 heterocycles. The van der Waals surface area contributed by atoms with Gasteiger partial charge in [0.2, 0.25) is 0 Å². The molecule has 0 saturated heterocycles. The fourth-order valence-electron chi connectivity index (χ4n) is 0.811. The van der Waals surface area contributed by atoms with Gasteiger partial charge >= 0.3 is 0 Å². The van der Waals surface area contributed by atoms with Crippen molar-refractivity contribution in [3.05, 3.63) is 35.9 Å². The molecule has 0 saturated carbocycles. The van der Waals surface area contributed by atoms with E-state index < -0.39 is 0 Å². The van der Waals surface area contributed by atoms with E-state index in [1.165, 1.54) is 5.56 Å². The Kier molecular flexibility index (Phi) is 2.38. The summed E-state index contributed by atoms with van der Waals surface area (Å²) in [6.45, 7) is 0. The maximum Gasteiger partial charge on any atom is 0.0657 e. The molecule has 1 heteroatoms. The van der Waals surface area contributed by atoms with Crippen LogP contribution in [0.25, 0.3) is 0 Å². The van der Waals surface area contributed by atoms with Gasteiger partial charge in [0.05, 0.1) is 7.85 Å². The van der Waals surface area contributed by atoms with E-state index in [4.69, 9.17) is 7.85 Å². The molecule has 44 valence electrons. The van der Waals surface area contributed by atoms with E-state index in [1.807, 2.05) is 18.2 Å². The molecular formula is C8H9B. The third kappa shape index (κ3) is 1.92. The summed E-state index contributed by atoms with van der Waals surface area (Å²) in [5, 5.41) is 0. The Balaban J connectivity index is 2.61. The molecule has 2 radical (unpaired) electrons. The van der Waals surface area contributed by atoms with Crippen LogP contribution in [0.4, 0.5) is 0 Å². The van der Waals surface area contributed by atoms with Crippen LogP contribution in [0.1, 0.15) is 5.56 Å². The zero-order valence-corrected chi connectivity index (χ0v) is 5.38. The zero-order chi connectivity index (χ0) is 6.53. The Hall–Kier alpha value is -0.715. The van der Waals surface area contributed by atoms with Crippen molar-refractivity contribution in [3.8, 4) is 0 Å².